The number of rotatable bonds is 2. The first-order chi connectivity index (χ1) is 7.75. The molecule has 0 aromatic heterocycles. The Kier molecular flexibility index (Phi) is 5.94. The summed E-state index contributed by atoms with van der Waals surface area (Å²) in [4.78, 5) is 9.84. The minimum Gasteiger partial charge on any atom is -0.466 e. The normalized spacial score (nSPS) is 30.1. The number of carbonyl (C=O) groups is 1. The Balaban J connectivity index is 0.000000366. The molecule has 1 aliphatic carbocycles. The van der Waals surface area contributed by atoms with Crippen LogP contribution < -0.4 is 0 Å². The molecule has 17 heavy (non-hydrogen) atoms. The van der Waals surface area contributed by atoms with Crippen molar-refractivity contribution in [3.8, 4) is 0 Å². The average Bonchev–Trinajstić information content (AvgIpc) is 2.53. The number of carbonyl (C=O) groups excluding carboxylic acids is 1. The lowest BCUT2D eigenvalue weighted by Crippen LogP contribution is -2.32. The summed E-state index contributed by atoms with van der Waals surface area (Å²) in [7, 11) is 1.31. The zero-order valence-corrected chi connectivity index (χ0v) is 12.3. The van der Waals surface area contributed by atoms with Crippen molar-refractivity contribution in [3.63, 3.8) is 0 Å². The summed E-state index contributed by atoms with van der Waals surface area (Å²) in [6.07, 6.45) is 5.30. The molecule has 0 aromatic rings. The first kappa shape index (κ1) is 16.2. The van der Waals surface area contributed by atoms with Crippen LogP contribution in [-0.2, 0) is 9.53 Å². The van der Waals surface area contributed by atoms with E-state index >= 15 is 0 Å². The summed E-state index contributed by atoms with van der Waals surface area (Å²) in [5.41, 5.74) is 1.16. The zero-order chi connectivity index (χ0) is 13.7. The first-order valence-electron chi connectivity index (χ1n) is 6.45. The molecule has 0 aliphatic heterocycles. The second-order valence-corrected chi connectivity index (χ2v) is 5.80. The van der Waals surface area contributed by atoms with Gasteiger partial charge in [-0.3, -0.25) is 0 Å². The van der Waals surface area contributed by atoms with E-state index in [-0.39, 0.29) is 0 Å². The fourth-order valence-corrected chi connectivity index (χ4v) is 2.53. The van der Waals surface area contributed by atoms with Crippen molar-refractivity contribution in [3.05, 3.63) is 12.7 Å². The third kappa shape index (κ3) is 3.58. The van der Waals surface area contributed by atoms with Gasteiger partial charge in [-0.1, -0.05) is 47.6 Å². The molecule has 0 aromatic carbocycles. The van der Waals surface area contributed by atoms with Gasteiger partial charge in [-0.05, 0) is 29.6 Å². The van der Waals surface area contributed by atoms with E-state index in [1.807, 2.05) is 0 Å². The van der Waals surface area contributed by atoms with E-state index in [9.17, 15) is 4.79 Å². The predicted molar refractivity (Wildman–Crippen MR) is 72.8 cm³/mol. The van der Waals surface area contributed by atoms with Crippen LogP contribution in [0.4, 0.5) is 0 Å². The van der Waals surface area contributed by atoms with E-state index < -0.39 is 5.97 Å². The zero-order valence-electron chi connectivity index (χ0n) is 12.3. The Labute approximate surface area is 106 Å². The number of methoxy groups -OCH3 is 1. The number of hydrogen-bond donors (Lipinski definition) is 0. The van der Waals surface area contributed by atoms with Gasteiger partial charge in [0, 0.05) is 6.08 Å². The third-order valence-corrected chi connectivity index (χ3v) is 5.06. The van der Waals surface area contributed by atoms with Crippen molar-refractivity contribution in [2.24, 2.45) is 16.7 Å². The molecule has 1 rings (SSSR count). The molecular weight excluding hydrogens is 212 g/mol. The van der Waals surface area contributed by atoms with Crippen molar-refractivity contribution in [1.82, 2.24) is 0 Å². The highest BCUT2D eigenvalue weighted by atomic mass is 16.5. The number of hydrogen-bond acceptors (Lipinski definition) is 2. The molecule has 100 valence electrons. The standard InChI is InChI=1S/C11H22.C4H6O2/c1-6-11(5)8-7-9(2)10(11,3)4;1-3-4(5)6-2/h9H,6-8H2,1-5H3;3H,1H2,2H3. The van der Waals surface area contributed by atoms with Crippen LogP contribution in [0.25, 0.3) is 0 Å². The molecule has 0 radical (unpaired) electrons. The summed E-state index contributed by atoms with van der Waals surface area (Å²) in [5, 5.41) is 0. The maximum absolute atomic E-state index is 9.84. The summed E-state index contributed by atoms with van der Waals surface area (Å²) < 4.78 is 4.14. The molecule has 1 saturated carbocycles. The van der Waals surface area contributed by atoms with E-state index in [1.54, 1.807) is 0 Å². The van der Waals surface area contributed by atoms with E-state index in [2.05, 4.69) is 45.9 Å². The van der Waals surface area contributed by atoms with Crippen LogP contribution in [0.3, 0.4) is 0 Å². The molecule has 1 aliphatic rings. The van der Waals surface area contributed by atoms with E-state index in [4.69, 9.17) is 0 Å². The molecule has 1 fully saturated rings. The largest absolute Gasteiger partial charge is 0.466 e. The van der Waals surface area contributed by atoms with E-state index in [1.165, 1.54) is 26.4 Å². The molecule has 2 heteroatoms. The number of ether oxygens (including phenoxy) is 1. The molecule has 2 atom stereocenters. The summed E-state index contributed by atoms with van der Waals surface area (Å²) in [6, 6.07) is 0. The van der Waals surface area contributed by atoms with E-state index in [0.29, 0.717) is 10.8 Å². The molecule has 2 unspecified atom stereocenters. The highest BCUT2D eigenvalue weighted by molar-refractivity contribution is 5.80. The van der Waals surface area contributed by atoms with Gasteiger partial charge >= 0.3 is 5.97 Å². The van der Waals surface area contributed by atoms with Crippen LogP contribution in [0.2, 0.25) is 0 Å². The summed E-state index contributed by atoms with van der Waals surface area (Å²) in [6.45, 7) is 15.2. The van der Waals surface area contributed by atoms with Gasteiger partial charge in [0.15, 0.2) is 0 Å². The van der Waals surface area contributed by atoms with Gasteiger partial charge in [-0.2, -0.15) is 0 Å². The molecule has 0 N–H and O–H groups in total. The third-order valence-electron chi connectivity index (χ3n) is 5.06. The smallest absolute Gasteiger partial charge is 0.329 e. The van der Waals surface area contributed by atoms with Crippen molar-refractivity contribution in [2.75, 3.05) is 7.11 Å². The molecule has 0 amide bonds. The van der Waals surface area contributed by atoms with Gasteiger partial charge in [0.2, 0.25) is 0 Å². The molecule has 0 spiro atoms. The highest BCUT2D eigenvalue weighted by Gasteiger charge is 2.47. The quantitative estimate of drug-likeness (QED) is 0.534. The molecule has 2 nitrogen and oxygen atoms in total. The second kappa shape index (κ2) is 6.23. The number of esters is 1. The summed E-state index contributed by atoms with van der Waals surface area (Å²) in [5.74, 6) is 0.516. The van der Waals surface area contributed by atoms with Crippen LogP contribution in [0.15, 0.2) is 12.7 Å². The average molecular weight is 240 g/mol. The first-order valence-corrected chi connectivity index (χ1v) is 6.45. The van der Waals surface area contributed by atoms with Gasteiger partial charge in [0.1, 0.15) is 0 Å². The van der Waals surface area contributed by atoms with Crippen LogP contribution in [0.5, 0.6) is 0 Å². The SMILES string of the molecule is C=CC(=O)OC.CCC1(C)CCC(C)C1(C)C. The lowest BCUT2D eigenvalue weighted by atomic mass is 9.65. The fourth-order valence-electron chi connectivity index (χ4n) is 2.53. The molecule has 0 heterocycles. The topological polar surface area (TPSA) is 26.3 Å². The van der Waals surface area contributed by atoms with Gasteiger partial charge < -0.3 is 4.74 Å². The van der Waals surface area contributed by atoms with Crippen LogP contribution in [0.1, 0.15) is 53.9 Å². The highest BCUT2D eigenvalue weighted by Crippen LogP contribution is 2.57. The second-order valence-electron chi connectivity index (χ2n) is 5.80. The van der Waals surface area contributed by atoms with Crippen molar-refractivity contribution >= 4 is 5.97 Å². The van der Waals surface area contributed by atoms with E-state index in [0.717, 1.165) is 12.0 Å². The Hall–Kier alpha value is -0.790. The van der Waals surface area contributed by atoms with Gasteiger partial charge in [-0.25, -0.2) is 4.79 Å². The molecule has 0 saturated heterocycles. The van der Waals surface area contributed by atoms with Crippen molar-refractivity contribution in [1.29, 1.82) is 0 Å². The molecule has 0 bridgehead atoms. The van der Waals surface area contributed by atoms with Crippen molar-refractivity contribution in [2.45, 2.75) is 53.9 Å². The Morgan fingerprint density at radius 1 is 1.47 bits per heavy atom. The fraction of sp³-hybridized carbons (Fsp3) is 0.800. The summed E-state index contributed by atoms with van der Waals surface area (Å²) >= 11 is 0. The molecular formula is C15H28O2. The lowest BCUT2D eigenvalue weighted by molar-refractivity contribution is -0.134. The van der Waals surface area contributed by atoms with Crippen molar-refractivity contribution < 1.29 is 9.53 Å². The maximum Gasteiger partial charge on any atom is 0.329 e. The van der Waals surface area contributed by atoms with Crippen LogP contribution in [0, 0.1) is 16.7 Å². The van der Waals surface area contributed by atoms with Crippen LogP contribution in [-0.4, -0.2) is 13.1 Å². The van der Waals surface area contributed by atoms with Gasteiger partial charge in [0.05, 0.1) is 7.11 Å². The minimum atomic E-state index is -0.394. The monoisotopic (exact) mass is 240 g/mol. The van der Waals surface area contributed by atoms with Gasteiger partial charge in [-0.15, -0.1) is 0 Å². The van der Waals surface area contributed by atoms with Gasteiger partial charge in [0.25, 0.3) is 0 Å². The Morgan fingerprint density at radius 2 is 2.00 bits per heavy atom. The maximum atomic E-state index is 9.84. The minimum absolute atomic E-state index is 0.394. The van der Waals surface area contributed by atoms with Crippen LogP contribution >= 0.6 is 0 Å². The Morgan fingerprint density at radius 3 is 2.12 bits per heavy atom. The lowest BCUT2D eigenvalue weighted by Gasteiger charge is -2.40. The predicted octanol–water partition coefficient (Wildman–Crippen LogP) is 4.20. The Bertz CT molecular complexity index is 265.